The smallest absolute Gasteiger partial charge is 0.282 e. The first-order valence-electron chi connectivity index (χ1n) is 11.2. The van der Waals surface area contributed by atoms with Crippen LogP contribution in [0.25, 0.3) is 0 Å². The zero-order valence-electron chi connectivity index (χ0n) is 21.9. The highest BCUT2D eigenvalue weighted by atomic mass is 32.9. The Labute approximate surface area is 256 Å². The van der Waals surface area contributed by atoms with Crippen molar-refractivity contribution in [1.29, 1.82) is 0 Å². The monoisotopic (exact) mass is 672 g/mol. The molecule has 0 bridgehead atoms. The standard InChI is InChI=1S/C24H36O4S8Si/c1-17(2)21(25)29-9-13-33-37(34-14-10-30-22(26)18(3)4,35-15-11-31-23(27)19(5)6)36-16-12-32-24(28)20(7)8/h1,3,5,7,9-16H2,2,4,6,8H3. The Kier molecular flexibility index (Phi) is 21.8. The van der Waals surface area contributed by atoms with Gasteiger partial charge in [-0.15, -0.1) is 0 Å². The number of thioether (sulfide) groups is 4. The van der Waals surface area contributed by atoms with Gasteiger partial charge in [-0.2, -0.15) is 44.8 Å². The summed E-state index contributed by atoms with van der Waals surface area (Å²) in [6.07, 6.45) is 0. The molecule has 0 rings (SSSR count). The van der Waals surface area contributed by atoms with Gasteiger partial charge in [0.2, 0.25) is 20.5 Å². The van der Waals surface area contributed by atoms with Crippen molar-refractivity contribution in [3.63, 3.8) is 0 Å². The summed E-state index contributed by atoms with van der Waals surface area (Å²) in [5.74, 6) is 6.05. The lowest BCUT2D eigenvalue weighted by molar-refractivity contribution is -0.108. The molecular formula is C24H36O4S8Si. The quantitative estimate of drug-likeness (QED) is 0.0723. The SMILES string of the molecule is C=C(C)C(=O)SCCS[Si](SCCSC(=O)C(=C)C)(SCCSC(=O)C(=C)C)SCCSC(=O)C(=C)C. The third-order valence-electron chi connectivity index (χ3n) is 3.78. The lowest BCUT2D eigenvalue weighted by Gasteiger charge is -2.29. The fraction of sp³-hybridized carbons (Fsp3) is 0.500. The maximum absolute atomic E-state index is 12.0. The van der Waals surface area contributed by atoms with Crippen LogP contribution in [0.2, 0.25) is 0 Å². The number of rotatable bonds is 20. The lowest BCUT2D eigenvalue weighted by atomic mass is 10.4. The average molecular weight is 673 g/mol. The summed E-state index contributed by atoms with van der Waals surface area (Å²) in [4.78, 5) is 47.9. The van der Waals surface area contributed by atoms with E-state index in [4.69, 9.17) is 0 Å². The molecule has 0 aliphatic carbocycles. The van der Waals surface area contributed by atoms with E-state index >= 15 is 0 Å². The molecule has 0 amide bonds. The molecule has 4 nitrogen and oxygen atoms in total. The van der Waals surface area contributed by atoms with Crippen LogP contribution in [0.3, 0.4) is 0 Å². The third-order valence-corrected chi connectivity index (χ3v) is 31.4. The Morgan fingerprint density at radius 2 is 0.622 bits per heavy atom. The predicted molar refractivity (Wildman–Crippen MR) is 185 cm³/mol. The van der Waals surface area contributed by atoms with E-state index < -0.39 is 4.67 Å². The Bertz CT molecular complexity index is 733. The number of hydrogen-bond acceptors (Lipinski definition) is 12. The zero-order valence-corrected chi connectivity index (χ0v) is 29.4. The fourth-order valence-electron chi connectivity index (χ4n) is 1.95. The van der Waals surface area contributed by atoms with Crippen LogP contribution in [0, 0.1) is 0 Å². The minimum Gasteiger partial charge on any atom is -0.282 e. The average Bonchev–Trinajstić information content (AvgIpc) is 2.83. The van der Waals surface area contributed by atoms with Gasteiger partial charge in [0.15, 0.2) is 0 Å². The van der Waals surface area contributed by atoms with E-state index in [0.717, 1.165) is 23.0 Å². The van der Waals surface area contributed by atoms with E-state index in [1.807, 2.05) is 44.8 Å². The van der Waals surface area contributed by atoms with E-state index in [1.54, 1.807) is 27.7 Å². The maximum atomic E-state index is 12.0. The molecule has 0 aliphatic rings. The van der Waals surface area contributed by atoms with Crippen LogP contribution in [0.5, 0.6) is 0 Å². The van der Waals surface area contributed by atoms with Gasteiger partial charge in [0.25, 0.3) is 0 Å². The topological polar surface area (TPSA) is 68.3 Å². The second kappa shape index (κ2) is 21.4. The maximum Gasteiger partial charge on any atom is 0.300 e. The molecule has 208 valence electrons. The molecule has 0 N–H and O–H groups in total. The first kappa shape index (κ1) is 37.7. The van der Waals surface area contributed by atoms with Crippen LogP contribution in [-0.4, -0.2) is 71.2 Å². The molecule has 0 heterocycles. The summed E-state index contributed by atoms with van der Waals surface area (Å²) in [5.41, 5.74) is 2.20. The Morgan fingerprint density at radius 3 is 0.784 bits per heavy atom. The molecule has 0 atom stereocenters. The van der Waals surface area contributed by atoms with Gasteiger partial charge in [-0.25, -0.2) is 0 Å². The van der Waals surface area contributed by atoms with Crippen molar-refractivity contribution in [2.24, 2.45) is 0 Å². The molecule has 0 saturated carbocycles. The summed E-state index contributed by atoms with van der Waals surface area (Å²) in [5, 5.41) is 0.0554. The Balaban J connectivity index is 5.37. The zero-order chi connectivity index (χ0) is 28.4. The molecule has 0 unspecified atom stereocenters. The van der Waals surface area contributed by atoms with Gasteiger partial charge in [-0.05, 0) is 73.0 Å². The van der Waals surface area contributed by atoms with Crippen LogP contribution in [0.1, 0.15) is 27.7 Å². The third kappa shape index (κ3) is 18.6. The molecule has 0 spiro atoms. The van der Waals surface area contributed by atoms with Crippen LogP contribution in [-0.2, 0) is 19.2 Å². The van der Waals surface area contributed by atoms with Crippen LogP contribution < -0.4 is 0 Å². The summed E-state index contributed by atoms with van der Waals surface area (Å²) < 4.78 is -2.11. The van der Waals surface area contributed by atoms with Gasteiger partial charge in [0, 0.05) is 23.0 Å². The van der Waals surface area contributed by atoms with Crippen molar-refractivity contribution in [1.82, 2.24) is 0 Å². The number of carbonyl (C=O) groups is 4. The van der Waals surface area contributed by atoms with Crippen molar-refractivity contribution >= 4 is 117 Å². The highest BCUT2D eigenvalue weighted by molar-refractivity contribution is 9.00. The molecule has 0 fully saturated rings. The summed E-state index contributed by atoms with van der Waals surface area (Å²) >= 11 is 12.8. The van der Waals surface area contributed by atoms with Crippen LogP contribution >= 0.6 is 91.9 Å². The van der Waals surface area contributed by atoms with E-state index in [9.17, 15) is 19.2 Å². The van der Waals surface area contributed by atoms with Gasteiger partial charge >= 0.3 is 4.67 Å². The second-order valence-corrected chi connectivity index (χ2v) is 31.1. The Morgan fingerprint density at radius 1 is 0.432 bits per heavy atom. The highest BCUT2D eigenvalue weighted by Gasteiger charge is 2.37. The highest BCUT2D eigenvalue weighted by Crippen LogP contribution is 2.51. The van der Waals surface area contributed by atoms with Gasteiger partial charge in [0.1, 0.15) is 0 Å². The van der Waals surface area contributed by atoms with E-state index in [2.05, 4.69) is 26.3 Å². The van der Waals surface area contributed by atoms with Crippen LogP contribution in [0.15, 0.2) is 48.6 Å². The summed E-state index contributed by atoms with van der Waals surface area (Å²) in [7, 11) is 0. The van der Waals surface area contributed by atoms with Gasteiger partial charge < -0.3 is 0 Å². The van der Waals surface area contributed by atoms with E-state index in [-0.39, 0.29) is 20.5 Å². The van der Waals surface area contributed by atoms with Crippen molar-refractivity contribution in [2.75, 3.05) is 46.0 Å². The fourth-order valence-corrected chi connectivity index (χ4v) is 28.8. The summed E-state index contributed by atoms with van der Waals surface area (Å²) in [6.45, 7) is 21.8. The normalized spacial score (nSPS) is 11.1. The molecule has 0 aromatic carbocycles. The van der Waals surface area contributed by atoms with E-state index in [1.165, 1.54) is 47.0 Å². The first-order chi connectivity index (χ1) is 17.3. The van der Waals surface area contributed by atoms with Gasteiger partial charge in [-0.1, -0.05) is 73.4 Å². The molecule has 37 heavy (non-hydrogen) atoms. The largest absolute Gasteiger partial charge is 0.300 e. The summed E-state index contributed by atoms with van der Waals surface area (Å²) in [6, 6.07) is 0. The van der Waals surface area contributed by atoms with Crippen LogP contribution in [0.4, 0.5) is 0 Å². The number of carbonyl (C=O) groups excluding carboxylic acids is 4. The minimum absolute atomic E-state index is 0.0138. The second-order valence-electron chi connectivity index (χ2n) is 7.56. The minimum atomic E-state index is -2.11. The lowest BCUT2D eigenvalue weighted by Crippen LogP contribution is -2.23. The molecule has 0 saturated heterocycles. The molecule has 0 aromatic heterocycles. The van der Waals surface area contributed by atoms with E-state index in [0.29, 0.717) is 45.3 Å². The molecule has 13 heteroatoms. The molecule has 0 aromatic rings. The van der Waals surface area contributed by atoms with Crippen molar-refractivity contribution in [3.8, 4) is 0 Å². The first-order valence-corrected chi connectivity index (χ1v) is 24.0. The molecule has 0 radical (unpaired) electrons. The molecular weight excluding hydrogens is 637 g/mol. The Hall–Kier alpha value is 0.657. The molecule has 0 aliphatic heterocycles. The van der Waals surface area contributed by atoms with Crippen molar-refractivity contribution in [3.05, 3.63) is 48.6 Å². The predicted octanol–water partition coefficient (Wildman–Crippen LogP) is 7.70. The van der Waals surface area contributed by atoms with Crippen molar-refractivity contribution in [2.45, 2.75) is 27.7 Å². The van der Waals surface area contributed by atoms with Gasteiger partial charge in [-0.3, -0.25) is 19.2 Å². The number of hydrogen-bond donors (Lipinski definition) is 0. The van der Waals surface area contributed by atoms with Crippen molar-refractivity contribution < 1.29 is 19.2 Å². The van der Waals surface area contributed by atoms with Gasteiger partial charge in [0.05, 0.1) is 0 Å².